The zero-order valence-electron chi connectivity index (χ0n) is 37.5. The lowest BCUT2D eigenvalue weighted by atomic mass is 10.0. The number of aliphatic hydroxyl groups is 2. The predicted octanol–water partition coefficient (Wildman–Crippen LogP) is 14.1. The fourth-order valence-corrected chi connectivity index (χ4v) is 7.02. The van der Waals surface area contributed by atoms with E-state index in [1.54, 1.807) is 0 Å². The van der Waals surface area contributed by atoms with E-state index in [4.69, 9.17) is 4.74 Å². The summed E-state index contributed by atoms with van der Waals surface area (Å²) >= 11 is 0. The minimum atomic E-state index is -0.798. The van der Waals surface area contributed by atoms with Crippen LogP contribution in [-0.4, -0.2) is 46.9 Å². The molecule has 0 aromatic carbocycles. The molecule has 3 N–H and O–H groups in total. The lowest BCUT2D eigenvalue weighted by Crippen LogP contribution is -2.46. The molecule has 0 radical (unpaired) electrons. The minimum absolute atomic E-state index is 0.0492. The summed E-state index contributed by atoms with van der Waals surface area (Å²) in [4.78, 5) is 26.0. The third kappa shape index (κ3) is 40.1. The van der Waals surface area contributed by atoms with E-state index in [0.717, 1.165) is 83.5 Å². The molecule has 0 aromatic heterocycles. The first-order chi connectivity index (χ1) is 28.0. The monoisotopic (exact) mass is 798 g/mol. The second-order valence-electron chi connectivity index (χ2n) is 16.2. The number of esters is 1. The molecule has 0 spiro atoms. The molecule has 57 heavy (non-hydrogen) atoms. The highest BCUT2D eigenvalue weighted by Crippen LogP contribution is 2.17. The van der Waals surface area contributed by atoms with Crippen LogP contribution in [-0.2, 0) is 14.3 Å². The lowest BCUT2D eigenvalue weighted by Gasteiger charge is -2.24. The van der Waals surface area contributed by atoms with Crippen LogP contribution < -0.4 is 5.32 Å². The summed E-state index contributed by atoms with van der Waals surface area (Å²) in [5, 5.41) is 23.7. The smallest absolute Gasteiger partial charge is 0.306 e. The SMILES string of the molecule is CC/C=C/C=C/C=C\C=C/CCCCCC(=O)OC(CCCCC/C=C\CCCCC)CC(=O)NC(CO)C(O)CCCCCCCCCCCCCCCCC. The van der Waals surface area contributed by atoms with Crippen molar-refractivity contribution in [2.75, 3.05) is 6.61 Å². The maximum Gasteiger partial charge on any atom is 0.306 e. The van der Waals surface area contributed by atoms with Gasteiger partial charge in [0.1, 0.15) is 6.10 Å². The Labute approximate surface area is 352 Å². The molecule has 0 aliphatic heterocycles. The van der Waals surface area contributed by atoms with Crippen LogP contribution in [0.1, 0.15) is 226 Å². The second kappa shape index (κ2) is 44.7. The van der Waals surface area contributed by atoms with Gasteiger partial charge >= 0.3 is 5.97 Å². The third-order valence-corrected chi connectivity index (χ3v) is 10.7. The zero-order valence-corrected chi connectivity index (χ0v) is 37.5. The molecule has 0 aliphatic rings. The molecule has 0 saturated carbocycles. The maximum absolute atomic E-state index is 13.1. The second-order valence-corrected chi connectivity index (χ2v) is 16.2. The largest absolute Gasteiger partial charge is 0.462 e. The van der Waals surface area contributed by atoms with E-state index < -0.39 is 18.2 Å². The summed E-state index contributed by atoms with van der Waals surface area (Å²) in [7, 11) is 0. The van der Waals surface area contributed by atoms with E-state index in [9.17, 15) is 19.8 Å². The highest BCUT2D eigenvalue weighted by molar-refractivity contribution is 5.77. The number of carbonyl (C=O) groups excluding carboxylic acids is 2. The van der Waals surface area contributed by atoms with Crippen molar-refractivity contribution < 1.29 is 24.5 Å². The Morgan fingerprint density at radius 3 is 1.53 bits per heavy atom. The summed E-state index contributed by atoms with van der Waals surface area (Å²) in [5.41, 5.74) is 0. The number of aliphatic hydroxyl groups excluding tert-OH is 2. The fraction of sp³-hybridized carbons (Fsp3) is 0.765. The van der Waals surface area contributed by atoms with Gasteiger partial charge in [0.15, 0.2) is 0 Å². The number of rotatable bonds is 42. The number of allylic oxidation sites excluding steroid dienone is 10. The molecule has 330 valence electrons. The Morgan fingerprint density at radius 2 is 0.965 bits per heavy atom. The van der Waals surface area contributed by atoms with Gasteiger partial charge in [0.05, 0.1) is 25.2 Å². The van der Waals surface area contributed by atoms with Gasteiger partial charge in [-0.15, -0.1) is 0 Å². The molecule has 0 saturated heterocycles. The standard InChI is InChI=1S/C51H91NO5/c1-4-7-10-13-16-19-22-24-25-27-28-31-34-37-40-43-49(54)48(46-53)52-50(55)45-47(42-39-36-33-30-21-18-15-12-9-6-3)57-51(56)44-41-38-35-32-29-26-23-20-17-14-11-8-5-2/h8,11,14,17-18,20-21,23,26,29,47-49,53-54H,4-7,9-10,12-13,15-16,19,22,24-25,27-28,30-46H2,1-3H3,(H,52,55)/b11-8+,17-14+,21-18-,23-20-,29-26-. The number of unbranched alkanes of at least 4 members (excludes halogenated alkanes) is 23. The first-order valence-corrected chi connectivity index (χ1v) is 24.1. The van der Waals surface area contributed by atoms with Crippen molar-refractivity contribution in [3.63, 3.8) is 0 Å². The molecule has 0 fully saturated rings. The number of amides is 1. The van der Waals surface area contributed by atoms with Gasteiger partial charge in [-0.1, -0.05) is 204 Å². The van der Waals surface area contributed by atoms with Crippen LogP contribution in [0.5, 0.6) is 0 Å². The number of nitrogens with one attached hydrogen (secondary N) is 1. The van der Waals surface area contributed by atoms with Gasteiger partial charge in [-0.25, -0.2) is 0 Å². The predicted molar refractivity (Wildman–Crippen MR) is 245 cm³/mol. The highest BCUT2D eigenvalue weighted by Gasteiger charge is 2.24. The van der Waals surface area contributed by atoms with Crippen LogP contribution in [0.4, 0.5) is 0 Å². The Kier molecular flexibility index (Phi) is 42.7. The molecular weight excluding hydrogens is 707 g/mol. The van der Waals surface area contributed by atoms with Crippen molar-refractivity contribution in [3.05, 3.63) is 60.8 Å². The first kappa shape index (κ1) is 54.6. The van der Waals surface area contributed by atoms with Crippen molar-refractivity contribution in [1.29, 1.82) is 0 Å². The minimum Gasteiger partial charge on any atom is -0.462 e. The van der Waals surface area contributed by atoms with E-state index in [1.165, 1.54) is 96.3 Å². The Bertz CT molecular complexity index is 1030. The van der Waals surface area contributed by atoms with E-state index in [-0.39, 0.29) is 24.9 Å². The Hall–Kier alpha value is -2.44. The molecular formula is C51H91NO5. The Morgan fingerprint density at radius 1 is 0.526 bits per heavy atom. The van der Waals surface area contributed by atoms with Crippen LogP contribution in [0.25, 0.3) is 0 Å². The molecule has 0 bridgehead atoms. The first-order valence-electron chi connectivity index (χ1n) is 24.1. The molecule has 1 amide bonds. The van der Waals surface area contributed by atoms with E-state index in [2.05, 4.69) is 56.5 Å². The van der Waals surface area contributed by atoms with Crippen LogP contribution >= 0.6 is 0 Å². The zero-order chi connectivity index (χ0) is 41.7. The lowest BCUT2D eigenvalue weighted by molar-refractivity contribution is -0.151. The third-order valence-electron chi connectivity index (χ3n) is 10.7. The van der Waals surface area contributed by atoms with Crippen LogP contribution in [0.15, 0.2) is 60.8 Å². The normalized spacial score (nSPS) is 13.8. The van der Waals surface area contributed by atoms with Gasteiger partial charge in [-0.05, 0) is 70.6 Å². The molecule has 0 rings (SSSR count). The van der Waals surface area contributed by atoms with E-state index in [0.29, 0.717) is 19.3 Å². The molecule has 0 aromatic rings. The summed E-state index contributed by atoms with van der Waals surface area (Å²) in [5.74, 6) is -0.539. The van der Waals surface area contributed by atoms with Gasteiger partial charge in [-0.2, -0.15) is 0 Å². The van der Waals surface area contributed by atoms with Crippen molar-refractivity contribution in [3.8, 4) is 0 Å². The van der Waals surface area contributed by atoms with Crippen LogP contribution in [0, 0.1) is 0 Å². The Balaban J connectivity index is 4.58. The van der Waals surface area contributed by atoms with Crippen LogP contribution in [0.3, 0.4) is 0 Å². The van der Waals surface area contributed by atoms with Gasteiger partial charge < -0.3 is 20.3 Å². The summed E-state index contributed by atoms with van der Waals surface area (Å²) in [6, 6.07) is -0.714. The molecule has 0 aliphatic carbocycles. The fourth-order valence-electron chi connectivity index (χ4n) is 7.02. The number of hydrogen-bond acceptors (Lipinski definition) is 5. The molecule has 3 atom stereocenters. The molecule has 3 unspecified atom stereocenters. The van der Waals surface area contributed by atoms with Gasteiger partial charge in [-0.3, -0.25) is 9.59 Å². The number of hydrogen-bond donors (Lipinski definition) is 3. The molecule has 0 heterocycles. The summed E-state index contributed by atoms with van der Waals surface area (Å²) in [6.45, 7) is 6.29. The number of ether oxygens (including phenoxy) is 1. The number of carbonyl (C=O) groups is 2. The molecule has 6 nitrogen and oxygen atoms in total. The van der Waals surface area contributed by atoms with Gasteiger partial charge in [0.25, 0.3) is 0 Å². The maximum atomic E-state index is 13.1. The average Bonchev–Trinajstić information content (AvgIpc) is 3.20. The van der Waals surface area contributed by atoms with Crippen LogP contribution in [0.2, 0.25) is 0 Å². The topological polar surface area (TPSA) is 95.9 Å². The van der Waals surface area contributed by atoms with E-state index in [1.807, 2.05) is 30.4 Å². The molecule has 6 heteroatoms. The van der Waals surface area contributed by atoms with E-state index >= 15 is 0 Å². The highest BCUT2D eigenvalue weighted by atomic mass is 16.5. The summed E-state index contributed by atoms with van der Waals surface area (Å²) < 4.78 is 5.87. The van der Waals surface area contributed by atoms with Crippen molar-refractivity contribution in [2.24, 2.45) is 0 Å². The van der Waals surface area contributed by atoms with Crippen molar-refractivity contribution in [2.45, 2.75) is 244 Å². The van der Waals surface area contributed by atoms with Crippen molar-refractivity contribution in [1.82, 2.24) is 5.32 Å². The van der Waals surface area contributed by atoms with Gasteiger partial charge in [0.2, 0.25) is 5.91 Å². The van der Waals surface area contributed by atoms with Crippen molar-refractivity contribution >= 4 is 11.9 Å². The summed E-state index contributed by atoms with van der Waals surface area (Å²) in [6.07, 6.45) is 54.2. The van der Waals surface area contributed by atoms with Gasteiger partial charge in [0, 0.05) is 6.42 Å². The average molecular weight is 798 g/mol. The quantitative estimate of drug-likeness (QED) is 0.0247.